The van der Waals surface area contributed by atoms with Crippen LogP contribution in [0.25, 0.3) is 0 Å². The molecule has 0 aromatic rings. The number of nitrogens with zero attached hydrogens (tertiary/aromatic N) is 1. The summed E-state index contributed by atoms with van der Waals surface area (Å²) >= 11 is 0. The summed E-state index contributed by atoms with van der Waals surface area (Å²) in [5.74, 6) is 2.58. The summed E-state index contributed by atoms with van der Waals surface area (Å²) in [6.07, 6.45) is 6.56. The van der Waals surface area contributed by atoms with E-state index in [1.54, 1.807) is 0 Å². The summed E-state index contributed by atoms with van der Waals surface area (Å²) < 4.78 is 0. The number of hydrogen-bond acceptors (Lipinski definition) is 2. The highest BCUT2D eigenvalue weighted by Gasteiger charge is 2.49. The predicted molar refractivity (Wildman–Crippen MR) is 67.3 cm³/mol. The molecule has 0 aromatic heterocycles. The highest BCUT2D eigenvalue weighted by molar-refractivity contribution is 5.76. The van der Waals surface area contributed by atoms with Crippen molar-refractivity contribution in [1.29, 1.82) is 0 Å². The molecule has 2 N–H and O–H groups in total. The van der Waals surface area contributed by atoms with Crippen LogP contribution in [0.3, 0.4) is 0 Å². The molecule has 4 atom stereocenters. The maximum atomic E-state index is 11.2. The smallest absolute Gasteiger partial charge is 0.220 e. The average molecular weight is 236 g/mol. The van der Waals surface area contributed by atoms with Gasteiger partial charge in [0.15, 0.2) is 0 Å². The molecule has 1 aliphatic carbocycles. The lowest BCUT2D eigenvalue weighted by atomic mass is 9.73. The third kappa shape index (κ3) is 1.88. The third-order valence-electron chi connectivity index (χ3n) is 5.54. The van der Waals surface area contributed by atoms with Crippen molar-refractivity contribution in [2.45, 2.75) is 45.1 Å². The molecule has 4 unspecified atom stereocenters. The quantitative estimate of drug-likeness (QED) is 0.809. The second-order valence-corrected chi connectivity index (χ2v) is 6.40. The summed E-state index contributed by atoms with van der Waals surface area (Å²) in [5.41, 5.74) is 5.41. The minimum atomic E-state index is -0.121. The molecule has 1 saturated carbocycles. The van der Waals surface area contributed by atoms with Crippen molar-refractivity contribution in [1.82, 2.24) is 4.90 Å². The fraction of sp³-hybridized carbons (Fsp3) is 0.929. The van der Waals surface area contributed by atoms with E-state index < -0.39 is 0 Å². The van der Waals surface area contributed by atoms with Gasteiger partial charge in [0.1, 0.15) is 0 Å². The number of primary amides is 1. The fourth-order valence-corrected chi connectivity index (χ4v) is 4.65. The first-order valence-corrected chi connectivity index (χ1v) is 7.20. The van der Waals surface area contributed by atoms with Crippen LogP contribution in [0.2, 0.25) is 0 Å². The Hall–Kier alpha value is -0.570. The molecule has 3 heteroatoms. The molecule has 0 spiro atoms. The van der Waals surface area contributed by atoms with E-state index in [0.717, 1.165) is 30.2 Å². The van der Waals surface area contributed by atoms with Gasteiger partial charge in [0.2, 0.25) is 5.91 Å². The lowest BCUT2D eigenvalue weighted by Crippen LogP contribution is -2.55. The Morgan fingerprint density at radius 1 is 1.29 bits per heavy atom. The minimum absolute atomic E-state index is 0.0559. The largest absolute Gasteiger partial charge is 0.369 e. The predicted octanol–water partition coefficient (Wildman–Crippen LogP) is 1.62. The van der Waals surface area contributed by atoms with Crippen LogP contribution in [0.5, 0.6) is 0 Å². The van der Waals surface area contributed by atoms with Gasteiger partial charge in [0.25, 0.3) is 0 Å². The first-order chi connectivity index (χ1) is 8.16. The molecule has 2 bridgehead atoms. The molecule has 4 aliphatic rings. The number of amides is 1. The van der Waals surface area contributed by atoms with Gasteiger partial charge in [-0.15, -0.1) is 0 Å². The van der Waals surface area contributed by atoms with E-state index in [1.165, 1.54) is 38.8 Å². The van der Waals surface area contributed by atoms with Crippen molar-refractivity contribution < 1.29 is 4.79 Å². The van der Waals surface area contributed by atoms with Crippen LogP contribution in [0.1, 0.15) is 39.0 Å². The number of carbonyl (C=O) groups excluding carboxylic acids is 1. The van der Waals surface area contributed by atoms with E-state index >= 15 is 0 Å². The van der Waals surface area contributed by atoms with Crippen molar-refractivity contribution in [2.24, 2.45) is 29.4 Å². The first kappa shape index (κ1) is 11.5. The lowest BCUT2D eigenvalue weighted by molar-refractivity contribution is -0.122. The molecule has 1 amide bonds. The normalized spacial score (nSPS) is 45.6. The Balaban J connectivity index is 1.70. The summed E-state index contributed by atoms with van der Waals surface area (Å²) in [6.45, 7) is 4.59. The highest BCUT2D eigenvalue weighted by Crippen LogP contribution is 2.49. The Labute approximate surface area is 104 Å². The molecular formula is C14H24N2O. The number of carbonyl (C=O) groups is 1. The van der Waals surface area contributed by atoms with Gasteiger partial charge in [-0.05, 0) is 62.9 Å². The van der Waals surface area contributed by atoms with Crippen LogP contribution >= 0.6 is 0 Å². The van der Waals surface area contributed by atoms with E-state index in [2.05, 4.69) is 4.90 Å². The first-order valence-electron chi connectivity index (χ1n) is 7.20. The number of nitrogens with two attached hydrogens (primary N) is 1. The zero-order valence-corrected chi connectivity index (χ0v) is 10.8. The van der Waals surface area contributed by atoms with Gasteiger partial charge in [-0.2, -0.15) is 0 Å². The minimum Gasteiger partial charge on any atom is -0.369 e. The van der Waals surface area contributed by atoms with Crippen molar-refractivity contribution in [3.05, 3.63) is 0 Å². The second-order valence-electron chi connectivity index (χ2n) is 6.40. The number of piperidine rings is 3. The standard InChI is InChI=1S/C14H24N2O/c1-9(14(15)17)8-11-2-3-12-10-4-6-16(7-5-10)13(11)12/h9-13H,2-8H2,1H3,(H2,15,17). The molecule has 96 valence electrons. The molecule has 4 rings (SSSR count). The zero-order valence-electron chi connectivity index (χ0n) is 10.8. The van der Waals surface area contributed by atoms with Crippen LogP contribution in [0.4, 0.5) is 0 Å². The molecule has 0 radical (unpaired) electrons. The Kier molecular flexibility index (Phi) is 2.89. The Morgan fingerprint density at radius 2 is 2.00 bits per heavy atom. The average Bonchev–Trinajstić information content (AvgIpc) is 2.76. The van der Waals surface area contributed by atoms with E-state index in [9.17, 15) is 4.79 Å². The maximum Gasteiger partial charge on any atom is 0.220 e. The topological polar surface area (TPSA) is 46.3 Å². The molecule has 0 aromatic carbocycles. The number of fused-ring (bicyclic) bond motifs is 2. The second kappa shape index (κ2) is 4.27. The zero-order chi connectivity index (χ0) is 12.0. The van der Waals surface area contributed by atoms with Crippen molar-refractivity contribution in [3.8, 4) is 0 Å². The summed E-state index contributed by atoms with van der Waals surface area (Å²) in [4.78, 5) is 13.9. The van der Waals surface area contributed by atoms with Crippen molar-refractivity contribution in [2.75, 3.05) is 13.1 Å². The van der Waals surface area contributed by atoms with Gasteiger partial charge >= 0.3 is 0 Å². The molecule has 17 heavy (non-hydrogen) atoms. The fourth-order valence-electron chi connectivity index (χ4n) is 4.65. The summed E-state index contributed by atoms with van der Waals surface area (Å²) in [5, 5.41) is 0. The summed E-state index contributed by atoms with van der Waals surface area (Å²) in [6, 6.07) is 0.782. The molecule has 3 aliphatic heterocycles. The Morgan fingerprint density at radius 3 is 2.65 bits per heavy atom. The van der Waals surface area contributed by atoms with Gasteiger partial charge < -0.3 is 5.73 Å². The van der Waals surface area contributed by atoms with Crippen LogP contribution in [0, 0.1) is 23.7 Å². The maximum absolute atomic E-state index is 11.2. The van der Waals surface area contributed by atoms with Crippen molar-refractivity contribution >= 4 is 5.91 Å². The molecule has 3 nitrogen and oxygen atoms in total. The molecule has 3 heterocycles. The number of hydrogen-bond donors (Lipinski definition) is 1. The molecule has 3 saturated heterocycles. The van der Waals surface area contributed by atoms with E-state index in [4.69, 9.17) is 5.73 Å². The van der Waals surface area contributed by atoms with Crippen LogP contribution in [-0.2, 0) is 4.79 Å². The van der Waals surface area contributed by atoms with Crippen LogP contribution in [-0.4, -0.2) is 29.9 Å². The highest BCUT2D eigenvalue weighted by atomic mass is 16.1. The van der Waals surface area contributed by atoms with Gasteiger partial charge in [-0.25, -0.2) is 0 Å². The third-order valence-corrected chi connectivity index (χ3v) is 5.54. The van der Waals surface area contributed by atoms with Gasteiger partial charge in [-0.1, -0.05) is 6.92 Å². The van der Waals surface area contributed by atoms with Crippen LogP contribution in [0.15, 0.2) is 0 Å². The molecule has 4 fully saturated rings. The van der Waals surface area contributed by atoms with Crippen molar-refractivity contribution in [3.63, 3.8) is 0 Å². The van der Waals surface area contributed by atoms with Gasteiger partial charge in [0.05, 0.1) is 0 Å². The lowest BCUT2D eigenvalue weighted by Gasteiger charge is -2.50. The van der Waals surface area contributed by atoms with Gasteiger partial charge in [0, 0.05) is 12.0 Å². The van der Waals surface area contributed by atoms with E-state index in [0.29, 0.717) is 0 Å². The van der Waals surface area contributed by atoms with E-state index in [-0.39, 0.29) is 11.8 Å². The van der Waals surface area contributed by atoms with E-state index in [1.807, 2.05) is 6.92 Å². The Bertz CT molecular complexity index is 309. The summed E-state index contributed by atoms with van der Waals surface area (Å²) in [7, 11) is 0. The SMILES string of the molecule is CC(CC1CCC2C3CCN(CC3)C12)C(N)=O. The van der Waals surface area contributed by atoms with Crippen LogP contribution < -0.4 is 5.73 Å². The number of rotatable bonds is 3. The molecular weight excluding hydrogens is 212 g/mol. The van der Waals surface area contributed by atoms with Gasteiger partial charge in [-0.3, -0.25) is 9.69 Å². The monoisotopic (exact) mass is 236 g/mol.